The number of hydrogen-bond acceptors (Lipinski definition) is 3. The Morgan fingerprint density at radius 2 is 2.21 bits per heavy atom. The highest BCUT2D eigenvalue weighted by Crippen LogP contribution is 2.38. The van der Waals surface area contributed by atoms with Crippen molar-refractivity contribution in [1.29, 1.82) is 0 Å². The summed E-state index contributed by atoms with van der Waals surface area (Å²) in [5, 5.41) is 5.56. The van der Waals surface area contributed by atoms with E-state index < -0.39 is 0 Å². The fraction of sp³-hybridized carbons (Fsp3) is 0.500. The second kappa shape index (κ2) is 9.45. The smallest absolute Gasteiger partial charge is 0.119 e. The van der Waals surface area contributed by atoms with Crippen LogP contribution in [0.2, 0.25) is 0 Å². The molecule has 0 amide bonds. The molecule has 1 N–H and O–H groups in total. The maximum absolute atomic E-state index is 5.39. The third kappa shape index (κ3) is 4.53. The first-order valence-corrected chi connectivity index (χ1v) is 9.54. The molecule has 0 saturated heterocycles. The molecule has 0 aliphatic heterocycles. The Hall–Kier alpha value is -1.03. The molecular weight excluding hydrogens is 338 g/mol. The Labute approximate surface area is 156 Å². The van der Waals surface area contributed by atoms with Gasteiger partial charge in [-0.25, -0.2) is 0 Å². The second-order valence-electron chi connectivity index (χ2n) is 6.50. The lowest BCUT2D eigenvalue weighted by molar-refractivity contribution is 0.411. The Kier molecular flexibility index (Phi) is 7.60. The molecule has 1 aliphatic rings. The molecule has 0 bridgehead atoms. The number of aryl methyl sites for hydroxylation is 1. The van der Waals surface area contributed by atoms with Gasteiger partial charge in [0.1, 0.15) is 5.75 Å². The molecule has 4 heteroatoms. The summed E-state index contributed by atoms with van der Waals surface area (Å²) in [6.45, 7) is 1.07. The monoisotopic (exact) mass is 365 g/mol. The Balaban J connectivity index is 0.00000208. The molecule has 2 aromatic rings. The molecule has 0 radical (unpaired) electrons. The first kappa shape index (κ1) is 19.3. The molecule has 132 valence electrons. The molecule has 1 aromatic carbocycles. The van der Waals surface area contributed by atoms with Gasteiger partial charge in [0.25, 0.3) is 0 Å². The second-order valence-corrected chi connectivity index (χ2v) is 7.48. The molecule has 0 spiro atoms. The average Bonchev–Trinajstić information content (AvgIpc) is 3.12. The highest BCUT2D eigenvalue weighted by Gasteiger charge is 2.22. The third-order valence-electron chi connectivity index (χ3n) is 5.05. The third-order valence-corrected chi connectivity index (χ3v) is 6.08. The fourth-order valence-electron chi connectivity index (χ4n) is 3.84. The van der Waals surface area contributed by atoms with Crippen LogP contribution in [0.25, 0.3) is 0 Å². The van der Waals surface area contributed by atoms with Crippen LogP contribution in [0.3, 0.4) is 0 Å². The number of benzene rings is 1. The zero-order valence-electron chi connectivity index (χ0n) is 14.6. The van der Waals surface area contributed by atoms with E-state index in [9.17, 15) is 0 Å². The molecule has 2 atom stereocenters. The van der Waals surface area contributed by atoms with E-state index in [1.165, 1.54) is 42.5 Å². The van der Waals surface area contributed by atoms with E-state index in [1.807, 2.05) is 11.3 Å². The summed E-state index contributed by atoms with van der Waals surface area (Å²) >= 11 is 1.89. The van der Waals surface area contributed by atoms with Crippen molar-refractivity contribution in [2.24, 2.45) is 0 Å². The normalized spacial score (nSPS) is 17.7. The lowest BCUT2D eigenvalue weighted by Gasteiger charge is -2.27. The quantitative estimate of drug-likeness (QED) is 0.711. The fourth-order valence-corrected chi connectivity index (χ4v) is 4.70. The van der Waals surface area contributed by atoms with Gasteiger partial charge >= 0.3 is 0 Å². The van der Waals surface area contributed by atoms with Gasteiger partial charge in [0.05, 0.1) is 7.11 Å². The van der Waals surface area contributed by atoms with E-state index in [0.717, 1.165) is 12.3 Å². The van der Waals surface area contributed by atoms with E-state index in [-0.39, 0.29) is 12.4 Å². The van der Waals surface area contributed by atoms with Crippen LogP contribution in [-0.4, -0.2) is 20.7 Å². The molecule has 24 heavy (non-hydrogen) atoms. The van der Waals surface area contributed by atoms with Crippen molar-refractivity contribution < 1.29 is 4.74 Å². The first-order chi connectivity index (χ1) is 11.3. The Morgan fingerprint density at radius 1 is 1.33 bits per heavy atom. The van der Waals surface area contributed by atoms with Crippen molar-refractivity contribution in [3.8, 4) is 5.75 Å². The number of likely N-dealkylation sites (N-methyl/N-ethyl adjacent to an activating group) is 1. The highest BCUT2D eigenvalue weighted by atomic mass is 35.5. The van der Waals surface area contributed by atoms with Gasteiger partial charge in [0.15, 0.2) is 0 Å². The maximum Gasteiger partial charge on any atom is 0.119 e. The molecule has 2 unspecified atom stereocenters. The SMILES string of the molecule is CNCC(CCC1CCCc2cc(OC)ccc21)c1cccs1.Cl. The van der Waals surface area contributed by atoms with Gasteiger partial charge in [0, 0.05) is 17.3 Å². The average molecular weight is 366 g/mol. The minimum atomic E-state index is 0. The lowest BCUT2D eigenvalue weighted by Crippen LogP contribution is -2.18. The summed E-state index contributed by atoms with van der Waals surface area (Å²) in [7, 11) is 3.81. The van der Waals surface area contributed by atoms with Crippen molar-refractivity contribution in [3.05, 3.63) is 51.7 Å². The number of rotatable bonds is 7. The molecule has 1 aromatic heterocycles. The molecule has 1 aliphatic carbocycles. The number of thiophene rings is 1. The van der Waals surface area contributed by atoms with Crippen molar-refractivity contribution in [2.75, 3.05) is 20.7 Å². The van der Waals surface area contributed by atoms with Crippen LogP contribution < -0.4 is 10.1 Å². The largest absolute Gasteiger partial charge is 0.497 e. The van der Waals surface area contributed by atoms with Gasteiger partial charge in [-0.2, -0.15) is 0 Å². The van der Waals surface area contributed by atoms with Gasteiger partial charge in [-0.05, 0) is 79.8 Å². The topological polar surface area (TPSA) is 21.3 Å². The van der Waals surface area contributed by atoms with Crippen LogP contribution in [0.5, 0.6) is 5.75 Å². The van der Waals surface area contributed by atoms with Gasteiger partial charge in [0.2, 0.25) is 0 Å². The number of fused-ring (bicyclic) bond motifs is 1. The van der Waals surface area contributed by atoms with Gasteiger partial charge in [-0.1, -0.05) is 12.1 Å². The minimum Gasteiger partial charge on any atom is -0.497 e. The van der Waals surface area contributed by atoms with Crippen LogP contribution in [0.15, 0.2) is 35.7 Å². The van der Waals surface area contributed by atoms with Gasteiger partial charge in [-0.15, -0.1) is 23.7 Å². The minimum absolute atomic E-state index is 0. The summed E-state index contributed by atoms with van der Waals surface area (Å²) in [5.41, 5.74) is 3.06. The number of hydrogen-bond donors (Lipinski definition) is 1. The van der Waals surface area contributed by atoms with E-state index in [1.54, 1.807) is 12.7 Å². The van der Waals surface area contributed by atoms with Crippen molar-refractivity contribution in [2.45, 2.75) is 43.9 Å². The Bertz CT molecular complexity index is 614. The summed E-state index contributed by atoms with van der Waals surface area (Å²) in [6, 6.07) is 11.1. The standard InChI is InChI=1S/C20H27NOS.ClH/c1-21-14-17(20-7-4-12-23-20)9-8-15-5-3-6-16-13-18(22-2)10-11-19(15)16;/h4,7,10-13,15,17,21H,3,5-6,8-9,14H2,1-2H3;1H. The predicted molar refractivity (Wildman–Crippen MR) is 106 cm³/mol. The summed E-state index contributed by atoms with van der Waals surface area (Å²) in [4.78, 5) is 1.52. The van der Waals surface area contributed by atoms with Crippen molar-refractivity contribution in [1.82, 2.24) is 5.32 Å². The molecule has 3 rings (SSSR count). The number of halogens is 1. The summed E-state index contributed by atoms with van der Waals surface area (Å²) in [6.07, 6.45) is 6.38. The number of methoxy groups -OCH3 is 1. The molecule has 0 saturated carbocycles. The molecule has 0 fully saturated rings. The molecular formula is C20H28ClNOS. The van der Waals surface area contributed by atoms with Crippen LogP contribution >= 0.6 is 23.7 Å². The number of ether oxygens (including phenoxy) is 1. The van der Waals surface area contributed by atoms with E-state index in [2.05, 4.69) is 48.1 Å². The van der Waals surface area contributed by atoms with Gasteiger partial charge in [-0.3, -0.25) is 0 Å². The summed E-state index contributed by atoms with van der Waals surface area (Å²) < 4.78 is 5.39. The van der Waals surface area contributed by atoms with Crippen molar-refractivity contribution >= 4 is 23.7 Å². The molecule has 2 nitrogen and oxygen atoms in total. The highest BCUT2D eigenvalue weighted by molar-refractivity contribution is 7.10. The van der Waals surface area contributed by atoms with E-state index >= 15 is 0 Å². The van der Waals surface area contributed by atoms with E-state index in [4.69, 9.17) is 4.74 Å². The van der Waals surface area contributed by atoms with Crippen molar-refractivity contribution in [3.63, 3.8) is 0 Å². The lowest BCUT2D eigenvalue weighted by atomic mass is 9.79. The molecule has 1 heterocycles. The van der Waals surface area contributed by atoms with Crippen LogP contribution in [0, 0.1) is 0 Å². The number of nitrogens with one attached hydrogen (secondary N) is 1. The Morgan fingerprint density at radius 3 is 2.92 bits per heavy atom. The van der Waals surface area contributed by atoms with E-state index in [0.29, 0.717) is 11.8 Å². The van der Waals surface area contributed by atoms with Crippen LogP contribution in [0.4, 0.5) is 0 Å². The predicted octanol–water partition coefficient (Wildman–Crippen LogP) is 5.38. The zero-order chi connectivity index (χ0) is 16.1. The zero-order valence-corrected chi connectivity index (χ0v) is 16.2. The van der Waals surface area contributed by atoms with Crippen LogP contribution in [-0.2, 0) is 6.42 Å². The first-order valence-electron chi connectivity index (χ1n) is 8.66. The van der Waals surface area contributed by atoms with Crippen LogP contribution in [0.1, 0.15) is 53.5 Å². The maximum atomic E-state index is 5.39. The summed E-state index contributed by atoms with van der Waals surface area (Å²) in [5.74, 6) is 2.35. The van der Waals surface area contributed by atoms with Gasteiger partial charge < -0.3 is 10.1 Å².